The molecule has 196 valence electrons. The Kier molecular flexibility index (Phi) is 4.88. The molecule has 40 heavy (non-hydrogen) atoms. The normalized spacial score (nSPS) is 24.9. The van der Waals surface area contributed by atoms with Crippen LogP contribution in [0.15, 0.2) is 90.3 Å². The Balaban J connectivity index is 1.41. The first-order chi connectivity index (χ1) is 19.6. The molecule has 1 amide bonds. The number of para-hydroxylation sites is 2. The van der Waals surface area contributed by atoms with E-state index in [-0.39, 0.29) is 24.3 Å². The van der Waals surface area contributed by atoms with E-state index >= 15 is 0 Å². The third kappa shape index (κ3) is 2.96. The predicted octanol–water partition coefficient (Wildman–Crippen LogP) is 5.33. The van der Waals surface area contributed by atoms with Gasteiger partial charge in [0.25, 0.3) is 0 Å². The number of hydrogen-bond donors (Lipinski definition) is 1. The Morgan fingerprint density at radius 2 is 1.75 bits per heavy atom. The number of benzene rings is 3. The molecule has 0 radical (unpaired) electrons. The zero-order valence-electron chi connectivity index (χ0n) is 21.1. The van der Waals surface area contributed by atoms with Crippen molar-refractivity contribution >= 4 is 46.3 Å². The highest BCUT2D eigenvalue weighted by molar-refractivity contribution is 7.12. The number of nitrogens with one attached hydrogen (secondary N) is 1. The lowest BCUT2D eigenvalue weighted by molar-refractivity contribution is -0.121. The van der Waals surface area contributed by atoms with Gasteiger partial charge >= 0.3 is 0 Å². The lowest BCUT2D eigenvalue weighted by Crippen LogP contribution is -2.51. The Labute approximate surface area is 233 Å². The highest BCUT2D eigenvalue weighted by Crippen LogP contribution is 2.58. The molecule has 8 heteroatoms. The van der Waals surface area contributed by atoms with Gasteiger partial charge in [-0.1, -0.05) is 54.6 Å². The van der Waals surface area contributed by atoms with Gasteiger partial charge in [0.1, 0.15) is 11.5 Å². The smallest absolute Gasteiger partial charge is 0.238 e. The summed E-state index contributed by atoms with van der Waals surface area (Å²) in [5.74, 6) is -0.751. The summed E-state index contributed by atoms with van der Waals surface area (Å²) in [7, 11) is 0. The third-order valence-corrected chi connectivity index (χ3v) is 9.40. The highest BCUT2D eigenvalue weighted by atomic mass is 32.1. The van der Waals surface area contributed by atoms with Crippen molar-refractivity contribution in [1.29, 1.82) is 0 Å². The lowest BCUT2D eigenvalue weighted by atomic mass is 9.64. The van der Waals surface area contributed by atoms with Gasteiger partial charge in [-0.3, -0.25) is 14.4 Å². The number of thiophene rings is 1. The van der Waals surface area contributed by atoms with Crippen LogP contribution in [0.3, 0.4) is 0 Å². The summed E-state index contributed by atoms with van der Waals surface area (Å²) in [6.45, 7) is 0.0764. The second-order valence-corrected chi connectivity index (χ2v) is 11.3. The number of hydrogen-bond acceptors (Lipinski definition) is 7. The minimum Gasteiger partial charge on any atom is -0.454 e. The number of carbonyl (C=O) groups excluding carboxylic acids is 3. The van der Waals surface area contributed by atoms with Gasteiger partial charge in [-0.25, -0.2) is 0 Å². The first kappa shape index (κ1) is 23.2. The summed E-state index contributed by atoms with van der Waals surface area (Å²) in [6, 6.07) is 22.5. The Bertz CT molecular complexity index is 1760. The van der Waals surface area contributed by atoms with E-state index in [4.69, 9.17) is 9.47 Å². The summed E-state index contributed by atoms with van der Waals surface area (Å²) in [5.41, 5.74) is 2.16. The molecule has 4 aliphatic rings. The number of ketones is 2. The maximum absolute atomic E-state index is 14.8. The van der Waals surface area contributed by atoms with Crippen LogP contribution in [-0.4, -0.2) is 36.4 Å². The van der Waals surface area contributed by atoms with Crippen LogP contribution in [0.4, 0.5) is 11.4 Å². The van der Waals surface area contributed by atoms with E-state index in [1.54, 1.807) is 24.3 Å². The number of anilines is 2. The molecule has 4 aliphatic heterocycles. The van der Waals surface area contributed by atoms with Gasteiger partial charge in [0.2, 0.25) is 12.7 Å². The number of Topliss-reactive ketones (excluding diaryl/α,β-unsaturated/α-hetero) is 2. The quantitative estimate of drug-likeness (QED) is 0.348. The van der Waals surface area contributed by atoms with Crippen molar-refractivity contribution in [2.24, 2.45) is 5.92 Å². The van der Waals surface area contributed by atoms with Gasteiger partial charge in [-0.05, 0) is 52.9 Å². The Hall–Kier alpha value is -4.69. The SMILES string of the molecule is O=C(c1cccs1)[C@@H]1[C@H](C(=O)c2ccc3c(c2)OCO3)[C@]2(C(=O)Nc3ccccc32)[C@@H]2C=Cc3ccccc3N12. The molecule has 3 aromatic carbocycles. The van der Waals surface area contributed by atoms with Gasteiger partial charge in [0.15, 0.2) is 23.1 Å². The standard InChI is InChI=1S/C32H22N2O5S/c35-29(19-11-13-23-24(16-19)39-17-38-23)27-28(30(36)25-10-5-15-40-25)34-22-9-4-1-6-18(22)12-14-26(34)32(27)20-7-2-3-8-21(20)33-31(32)37/h1-16,26-28H,17H2,(H,33,37)/t26-,27+,28-,32+/m0/s1. The van der Waals surface area contributed by atoms with Crippen molar-refractivity contribution in [2.45, 2.75) is 17.5 Å². The lowest BCUT2D eigenvalue weighted by Gasteiger charge is -2.37. The number of ether oxygens (including phenoxy) is 2. The summed E-state index contributed by atoms with van der Waals surface area (Å²) in [4.78, 5) is 46.2. The number of carbonyl (C=O) groups is 3. The van der Waals surface area contributed by atoms with Crippen molar-refractivity contribution < 1.29 is 23.9 Å². The van der Waals surface area contributed by atoms with Gasteiger partial charge in [-0.15, -0.1) is 11.3 Å². The van der Waals surface area contributed by atoms with E-state index in [1.165, 1.54) is 11.3 Å². The van der Waals surface area contributed by atoms with Crippen LogP contribution in [0.1, 0.15) is 31.2 Å². The first-order valence-corrected chi connectivity index (χ1v) is 13.9. The summed E-state index contributed by atoms with van der Waals surface area (Å²) >= 11 is 1.34. The van der Waals surface area contributed by atoms with E-state index in [9.17, 15) is 14.4 Å². The zero-order chi connectivity index (χ0) is 27.0. The van der Waals surface area contributed by atoms with E-state index in [1.807, 2.05) is 77.0 Å². The maximum atomic E-state index is 14.8. The average Bonchev–Trinajstić information content (AvgIpc) is 3.78. The minimum absolute atomic E-state index is 0.0764. The molecule has 4 atom stereocenters. The molecule has 0 aliphatic carbocycles. The Morgan fingerprint density at radius 3 is 2.62 bits per heavy atom. The van der Waals surface area contributed by atoms with E-state index in [0.29, 0.717) is 27.6 Å². The molecule has 1 N–H and O–H groups in total. The fraction of sp³-hybridized carbons (Fsp3) is 0.156. The molecule has 4 aromatic rings. The number of fused-ring (bicyclic) bond motifs is 7. The molecule has 1 saturated heterocycles. The van der Waals surface area contributed by atoms with Crippen LogP contribution in [0.5, 0.6) is 11.5 Å². The molecule has 5 heterocycles. The van der Waals surface area contributed by atoms with Crippen molar-refractivity contribution in [3.63, 3.8) is 0 Å². The highest BCUT2D eigenvalue weighted by Gasteiger charge is 2.70. The van der Waals surface area contributed by atoms with Gasteiger partial charge < -0.3 is 19.7 Å². The molecule has 7 nitrogen and oxygen atoms in total. The molecule has 1 fully saturated rings. The molecular weight excluding hydrogens is 524 g/mol. The van der Waals surface area contributed by atoms with E-state index < -0.39 is 23.4 Å². The van der Waals surface area contributed by atoms with Crippen molar-refractivity contribution in [2.75, 3.05) is 17.0 Å². The summed E-state index contributed by atoms with van der Waals surface area (Å²) in [6.07, 6.45) is 3.97. The average molecular weight is 547 g/mol. The number of nitrogens with zero attached hydrogens (tertiary/aromatic N) is 1. The van der Waals surface area contributed by atoms with Crippen LogP contribution < -0.4 is 19.7 Å². The summed E-state index contributed by atoms with van der Waals surface area (Å²) < 4.78 is 11.1. The van der Waals surface area contributed by atoms with Crippen molar-refractivity contribution in [3.05, 3.63) is 112 Å². The maximum Gasteiger partial charge on any atom is 0.238 e. The Morgan fingerprint density at radius 1 is 0.925 bits per heavy atom. The molecule has 0 bridgehead atoms. The predicted molar refractivity (Wildman–Crippen MR) is 151 cm³/mol. The van der Waals surface area contributed by atoms with Crippen molar-refractivity contribution in [1.82, 2.24) is 0 Å². The van der Waals surface area contributed by atoms with Gasteiger partial charge in [0.05, 0.1) is 16.8 Å². The van der Waals surface area contributed by atoms with Gasteiger partial charge in [-0.2, -0.15) is 0 Å². The van der Waals surface area contributed by atoms with Crippen LogP contribution in [0.25, 0.3) is 6.08 Å². The van der Waals surface area contributed by atoms with E-state index in [2.05, 4.69) is 5.32 Å². The molecule has 8 rings (SSSR count). The van der Waals surface area contributed by atoms with Crippen molar-refractivity contribution in [3.8, 4) is 11.5 Å². The van der Waals surface area contributed by atoms with Crippen LogP contribution >= 0.6 is 11.3 Å². The van der Waals surface area contributed by atoms with Gasteiger partial charge in [0, 0.05) is 16.9 Å². The monoisotopic (exact) mass is 546 g/mol. The van der Waals surface area contributed by atoms with E-state index in [0.717, 1.165) is 16.8 Å². The molecule has 0 unspecified atom stereocenters. The molecular formula is C32H22N2O5S. The van der Waals surface area contributed by atoms with Crippen LogP contribution in [-0.2, 0) is 10.2 Å². The summed E-state index contributed by atoms with van der Waals surface area (Å²) in [5, 5.41) is 4.91. The molecule has 0 saturated carbocycles. The fourth-order valence-electron chi connectivity index (χ4n) is 6.91. The first-order valence-electron chi connectivity index (χ1n) is 13.1. The molecule has 1 aromatic heterocycles. The molecule has 1 spiro atoms. The topological polar surface area (TPSA) is 84.9 Å². The third-order valence-electron chi connectivity index (χ3n) is 8.51. The second-order valence-electron chi connectivity index (χ2n) is 10.3. The van der Waals surface area contributed by atoms with Crippen LogP contribution in [0, 0.1) is 5.92 Å². The number of rotatable bonds is 4. The van der Waals surface area contributed by atoms with Crippen LogP contribution in [0.2, 0.25) is 0 Å². The minimum atomic E-state index is -1.34. The number of amides is 1. The second kappa shape index (κ2) is 8.40. The largest absolute Gasteiger partial charge is 0.454 e. The zero-order valence-corrected chi connectivity index (χ0v) is 21.9. The fourth-order valence-corrected chi connectivity index (χ4v) is 7.61.